The van der Waals surface area contributed by atoms with E-state index in [-0.39, 0.29) is 22.9 Å². The molecule has 0 bridgehead atoms. The predicted molar refractivity (Wildman–Crippen MR) is 83.5 cm³/mol. The molecule has 0 saturated heterocycles. The van der Waals surface area contributed by atoms with Crippen molar-refractivity contribution in [2.75, 3.05) is 7.05 Å². The maximum Gasteiger partial charge on any atom is 0.131 e. The molecule has 0 heterocycles. The Bertz CT molecular complexity index is 657. The van der Waals surface area contributed by atoms with Gasteiger partial charge in [0.1, 0.15) is 11.7 Å². The summed E-state index contributed by atoms with van der Waals surface area (Å²) >= 11 is 0. The molecular formula is C15H19N5. The van der Waals surface area contributed by atoms with Gasteiger partial charge in [0.05, 0.1) is 11.3 Å². The second kappa shape index (κ2) is 6.43. The summed E-state index contributed by atoms with van der Waals surface area (Å²) in [6.45, 7) is 3.96. The fourth-order valence-electron chi connectivity index (χ4n) is 1.60. The van der Waals surface area contributed by atoms with E-state index >= 15 is 0 Å². The molecule has 1 aromatic rings. The smallest absolute Gasteiger partial charge is 0.131 e. The predicted octanol–water partition coefficient (Wildman–Crippen LogP) is 0.791. The summed E-state index contributed by atoms with van der Waals surface area (Å²) in [5.74, 6) is 5.61. The summed E-state index contributed by atoms with van der Waals surface area (Å²) in [5.41, 5.74) is 20.3. The number of aryl methyl sites for hydroxylation is 2. The Morgan fingerprint density at radius 2 is 1.85 bits per heavy atom. The van der Waals surface area contributed by atoms with Crippen molar-refractivity contribution < 1.29 is 0 Å². The Morgan fingerprint density at radius 1 is 1.20 bits per heavy atom. The van der Waals surface area contributed by atoms with Crippen LogP contribution in [-0.2, 0) is 0 Å². The molecule has 0 radical (unpaired) electrons. The first-order chi connectivity index (χ1) is 9.36. The molecule has 0 unspecified atom stereocenters. The molecule has 104 valence electrons. The molecule has 5 nitrogen and oxygen atoms in total. The van der Waals surface area contributed by atoms with Gasteiger partial charge >= 0.3 is 0 Å². The van der Waals surface area contributed by atoms with Crippen LogP contribution < -0.4 is 17.2 Å². The molecule has 0 aliphatic heterocycles. The summed E-state index contributed by atoms with van der Waals surface area (Å²) in [6, 6.07) is 5.98. The molecule has 0 atom stereocenters. The van der Waals surface area contributed by atoms with Gasteiger partial charge < -0.3 is 17.2 Å². The van der Waals surface area contributed by atoms with Gasteiger partial charge in [-0.3, -0.25) is 10.4 Å². The topological polar surface area (TPSA) is 114 Å². The van der Waals surface area contributed by atoms with Crippen LogP contribution in [0.1, 0.15) is 16.7 Å². The molecule has 7 N–H and O–H groups in total. The average molecular weight is 269 g/mol. The van der Waals surface area contributed by atoms with E-state index in [0.29, 0.717) is 0 Å². The zero-order valence-electron chi connectivity index (χ0n) is 11.9. The van der Waals surface area contributed by atoms with Gasteiger partial charge in [0.2, 0.25) is 0 Å². The van der Waals surface area contributed by atoms with Crippen molar-refractivity contribution in [2.45, 2.75) is 13.8 Å². The number of benzene rings is 1. The molecule has 0 aromatic heterocycles. The minimum absolute atomic E-state index is 0.102. The average Bonchev–Trinajstić information content (AvgIpc) is 2.39. The molecule has 0 spiro atoms. The van der Waals surface area contributed by atoms with E-state index in [2.05, 4.69) is 16.8 Å². The van der Waals surface area contributed by atoms with E-state index < -0.39 is 0 Å². The number of hydrogen-bond donors (Lipinski definition) is 4. The highest BCUT2D eigenvalue weighted by molar-refractivity contribution is 6.21. The van der Waals surface area contributed by atoms with E-state index in [1.165, 1.54) is 7.05 Å². The Hall–Kier alpha value is -2.74. The van der Waals surface area contributed by atoms with Crippen molar-refractivity contribution >= 4 is 11.7 Å². The minimum Gasteiger partial charge on any atom is -0.391 e. The van der Waals surface area contributed by atoms with Gasteiger partial charge in [0.15, 0.2) is 0 Å². The lowest BCUT2D eigenvalue weighted by molar-refractivity contribution is 1.33. The third-order valence-electron chi connectivity index (χ3n) is 2.76. The Labute approximate surface area is 119 Å². The molecule has 0 aliphatic carbocycles. The normalized spacial score (nSPS) is 12.2. The van der Waals surface area contributed by atoms with Crippen molar-refractivity contribution in [1.82, 2.24) is 0 Å². The molecule has 0 fully saturated rings. The first kappa shape index (κ1) is 15.3. The van der Waals surface area contributed by atoms with Gasteiger partial charge in [-0.1, -0.05) is 18.1 Å². The zero-order valence-corrected chi connectivity index (χ0v) is 11.9. The second-order valence-corrected chi connectivity index (χ2v) is 4.38. The highest BCUT2D eigenvalue weighted by atomic mass is 14.9. The third kappa shape index (κ3) is 3.62. The summed E-state index contributed by atoms with van der Waals surface area (Å²) in [7, 11) is 1.50. The van der Waals surface area contributed by atoms with Gasteiger partial charge in [-0.2, -0.15) is 0 Å². The summed E-state index contributed by atoms with van der Waals surface area (Å²) in [4.78, 5) is 3.79. The highest BCUT2D eigenvalue weighted by Gasteiger charge is 2.10. The Kier molecular flexibility index (Phi) is 4.93. The number of allylic oxidation sites excluding steroid dienone is 1. The van der Waals surface area contributed by atoms with Crippen LogP contribution in [0.3, 0.4) is 0 Å². The molecule has 20 heavy (non-hydrogen) atoms. The van der Waals surface area contributed by atoms with Crippen LogP contribution in [0.5, 0.6) is 0 Å². The largest absolute Gasteiger partial charge is 0.391 e. The van der Waals surface area contributed by atoms with Crippen molar-refractivity contribution in [3.8, 4) is 11.8 Å². The third-order valence-corrected chi connectivity index (χ3v) is 2.76. The first-order valence-corrected chi connectivity index (χ1v) is 6.02. The number of nitrogens with two attached hydrogens (primary N) is 3. The van der Waals surface area contributed by atoms with E-state index in [0.717, 1.165) is 16.7 Å². The SMILES string of the molecule is CN=C(N)C(C(=N)N)=C(N)C#Cc1cc(C)ccc1C. The van der Waals surface area contributed by atoms with Crippen LogP contribution in [-0.4, -0.2) is 18.7 Å². The second-order valence-electron chi connectivity index (χ2n) is 4.38. The van der Waals surface area contributed by atoms with Crippen molar-refractivity contribution in [1.29, 1.82) is 5.41 Å². The number of aliphatic imine (C=N–C) groups is 1. The van der Waals surface area contributed by atoms with Gasteiger partial charge in [0, 0.05) is 12.6 Å². The molecule has 1 rings (SSSR count). The van der Waals surface area contributed by atoms with Crippen LogP contribution in [0.4, 0.5) is 0 Å². The molecule has 1 aromatic carbocycles. The fraction of sp³-hybridized carbons (Fsp3) is 0.200. The summed E-state index contributed by atoms with van der Waals surface area (Å²) < 4.78 is 0. The number of hydrogen-bond acceptors (Lipinski definition) is 3. The number of amidine groups is 2. The van der Waals surface area contributed by atoms with Crippen molar-refractivity contribution in [3.63, 3.8) is 0 Å². The van der Waals surface area contributed by atoms with Crippen LogP contribution in [0.25, 0.3) is 0 Å². The van der Waals surface area contributed by atoms with E-state index in [9.17, 15) is 0 Å². The maximum atomic E-state index is 7.49. The molecule has 0 aliphatic rings. The van der Waals surface area contributed by atoms with Crippen LogP contribution in [0, 0.1) is 31.1 Å². The van der Waals surface area contributed by atoms with Crippen LogP contribution in [0.15, 0.2) is 34.5 Å². The van der Waals surface area contributed by atoms with E-state index in [4.69, 9.17) is 22.6 Å². The van der Waals surface area contributed by atoms with Gasteiger partial charge in [-0.05, 0) is 37.0 Å². The van der Waals surface area contributed by atoms with E-state index in [1.807, 2.05) is 32.0 Å². The minimum atomic E-state index is -0.249. The van der Waals surface area contributed by atoms with Gasteiger partial charge in [-0.25, -0.2) is 0 Å². The zero-order chi connectivity index (χ0) is 15.3. The Balaban J connectivity index is 3.30. The summed E-state index contributed by atoms with van der Waals surface area (Å²) in [5, 5.41) is 7.49. The van der Waals surface area contributed by atoms with Crippen LogP contribution >= 0.6 is 0 Å². The molecule has 0 amide bonds. The number of nitrogens with one attached hydrogen (secondary N) is 1. The quantitative estimate of drug-likeness (QED) is 0.361. The van der Waals surface area contributed by atoms with Crippen molar-refractivity contribution in [2.24, 2.45) is 22.2 Å². The molecule has 5 heteroatoms. The number of rotatable bonds is 2. The molecule has 0 saturated carbocycles. The Morgan fingerprint density at radius 3 is 2.40 bits per heavy atom. The lowest BCUT2D eigenvalue weighted by Gasteiger charge is -2.05. The fourth-order valence-corrected chi connectivity index (χ4v) is 1.60. The highest BCUT2D eigenvalue weighted by Crippen LogP contribution is 2.09. The maximum absolute atomic E-state index is 7.49. The monoisotopic (exact) mass is 269 g/mol. The molecular weight excluding hydrogens is 250 g/mol. The van der Waals surface area contributed by atoms with Gasteiger partial charge in [0.25, 0.3) is 0 Å². The van der Waals surface area contributed by atoms with Crippen molar-refractivity contribution in [3.05, 3.63) is 46.2 Å². The van der Waals surface area contributed by atoms with Gasteiger partial charge in [-0.15, -0.1) is 0 Å². The van der Waals surface area contributed by atoms with E-state index in [1.54, 1.807) is 0 Å². The lowest BCUT2D eigenvalue weighted by atomic mass is 10.1. The number of nitrogens with zero attached hydrogens (tertiary/aromatic N) is 1. The van der Waals surface area contributed by atoms with Crippen LogP contribution in [0.2, 0.25) is 0 Å². The summed E-state index contributed by atoms with van der Waals surface area (Å²) in [6.07, 6.45) is 0. The lowest BCUT2D eigenvalue weighted by Crippen LogP contribution is -2.29. The first-order valence-electron chi connectivity index (χ1n) is 6.02. The standard InChI is InChI=1S/C15H19N5/c1-9-4-5-10(2)11(8-9)6-7-12(16)13(14(17)18)15(19)20-3/h4-5,8H,16H2,1-3H3,(H3,17,18)(H2,19,20).